The third-order valence-corrected chi connectivity index (χ3v) is 5.03. The van der Waals surface area contributed by atoms with Crippen LogP contribution in [0.2, 0.25) is 0 Å². The van der Waals surface area contributed by atoms with Crippen LogP contribution in [0.25, 0.3) is 0 Å². The van der Waals surface area contributed by atoms with Crippen LogP contribution in [0, 0.1) is 11.6 Å². The van der Waals surface area contributed by atoms with Crippen LogP contribution in [0.4, 0.5) is 22.0 Å². The number of halogens is 6. The van der Waals surface area contributed by atoms with Gasteiger partial charge in [-0.2, -0.15) is 13.2 Å². The van der Waals surface area contributed by atoms with Crippen molar-refractivity contribution in [2.24, 2.45) is 5.73 Å². The second-order valence-electron chi connectivity index (χ2n) is 6.98. The summed E-state index contributed by atoms with van der Waals surface area (Å²) in [6, 6.07) is 11.0. The highest BCUT2D eigenvalue weighted by Crippen LogP contribution is 2.20. The molecule has 35 heavy (non-hydrogen) atoms. The van der Waals surface area contributed by atoms with Crippen LogP contribution in [0.5, 0.6) is 5.88 Å². The summed E-state index contributed by atoms with van der Waals surface area (Å²) in [6.07, 6.45) is -2.95. The van der Waals surface area contributed by atoms with E-state index in [-0.39, 0.29) is 28.1 Å². The maximum atomic E-state index is 13.7. The molecule has 1 heterocycles. The number of hydrogen-bond donors (Lipinski definition) is 2. The summed E-state index contributed by atoms with van der Waals surface area (Å²) in [5, 5.41) is 7.12. The Morgan fingerprint density at radius 3 is 2.40 bits per heavy atom. The van der Waals surface area contributed by atoms with Gasteiger partial charge in [0.15, 0.2) is 0 Å². The van der Waals surface area contributed by atoms with Crippen molar-refractivity contribution in [3.8, 4) is 5.88 Å². The quantitative estimate of drug-likeness (QED) is 0.420. The summed E-state index contributed by atoms with van der Waals surface area (Å²) in [7, 11) is 0. The molecule has 0 aliphatic heterocycles. The Balaban J connectivity index is 0.000000540. The fourth-order valence-electron chi connectivity index (χ4n) is 2.69. The predicted octanol–water partition coefficient (Wildman–Crippen LogP) is 4.05. The lowest BCUT2D eigenvalue weighted by atomic mass is 10.1. The summed E-state index contributed by atoms with van der Waals surface area (Å²) in [5.74, 6) is -4.10. The lowest BCUT2D eigenvalue weighted by Crippen LogP contribution is -2.22. The molecule has 13 heteroatoms. The number of nitrogens with zero attached hydrogens (tertiary/aromatic N) is 2. The first kappa shape index (κ1) is 27.9. The number of alkyl halides is 3. The minimum Gasteiger partial charge on any atom is -0.475 e. The van der Waals surface area contributed by atoms with Crippen molar-refractivity contribution < 1.29 is 36.6 Å². The van der Waals surface area contributed by atoms with E-state index in [9.17, 15) is 26.7 Å². The molecule has 0 unspecified atom stereocenters. The molecule has 2 aromatic carbocycles. The molecule has 0 saturated heterocycles. The standard InChI is InChI=1S/C20H18BrF2N3O2.C2HF3O2/c21-18-19(28-11-15-4-5-16(22)9-17(15)23)25-12-26(20(18)27)10-14-3-1-2-13(8-14)6-7-24;3-2(4,5)1(6)7/h1-5,8-9,12H,6-7,10-11,24H2;(H,6,7). The number of rotatable bonds is 7. The minimum atomic E-state index is -5.08. The average Bonchev–Trinajstić information content (AvgIpc) is 2.78. The van der Waals surface area contributed by atoms with Crippen LogP contribution in [-0.2, 0) is 24.4 Å². The highest BCUT2D eigenvalue weighted by atomic mass is 79.9. The average molecular weight is 564 g/mol. The van der Waals surface area contributed by atoms with E-state index in [1.807, 2.05) is 24.3 Å². The first-order chi connectivity index (χ1) is 16.4. The van der Waals surface area contributed by atoms with Crippen LogP contribution < -0.4 is 16.0 Å². The van der Waals surface area contributed by atoms with Gasteiger partial charge >= 0.3 is 12.1 Å². The summed E-state index contributed by atoms with van der Waals surface area (Å²) >= 11 is 3.20. The van der Waals surface area contributed by atoms with E-state index in [0.717, 1.165) is 29.7 Å². The lowest BCUT2D eigenvalue weighted by molar-refractivity contribution is -0.192. The highest BCUT2D eigenvalue weighted by Gasteiger charge is 2.38. The van der Waals surface area contributed by atoms with Gasteiger partial charge in [-0.1, -0.05) is 24.3 Å². The molecule has 0 atom stereocenters. The zero-order valence-corrected chi connectivity index (χ0v) is 19.4. The first-order valence-electron chi connectivity index (χ1n) is 9.82. The Morgan fingerprint density at radius 2 is 1.80 bits per heavy atom. The SMILES string of the molecule is NCCc1cccc(Cn2cnc(OCc3ccc(F)cc3F)c(Br)c2=O)c1.O=C(O)C(F)(F)F. The molecule has 3 rings (SSSR count). The van der Waals surface area contributed by atoms with E-state index in [1.54, 1.807) is 0 Å². The van der Waals surface area contributed by atoms with Crippen LogP contribution in [0.1, 0.15) is 16.7 Å². The number of hydrogen-bond acceptors (Lipinski definition) is 5. The van der Waals surface area contributed by atoms with Gasteiger partial charge in [-0.15, -0.1) is 0 Å². The molecule has 0 fully saturated rings. The van der Waals surface area contributed by atoms with Crippen molar-refractivity contribution in [1.82, 2.24) is 9.55 Å². The number of ether oxygens (including phenoxy) is 1. The Kier molecular flexibility index (Phi) is 9.89. The van der Waals surface area contributed by atoms with Crippen LogP contribution in [-0.4, -0.2) is 33.3 Å². The second kappa shape index (κ2) is 12.4. The van der Waals surface area contributed by atoms with Gasteiger partial charge in [0, 0.05) is 11.6 Å². The summed E-state index contributed by atoms with van der Waals surface area (Å²) in [5.41, 5.74) is 7.47. The highest BCUT2D eigenvalue weighted by molar-refractivity contribution is 9.10. The molecule has 0 aliphatic carbocycles. The van der Waals surface area contributed by atoms with Gasteiger partial charge in [0.2, 0.25) is 5.88 Å². The molecule has 1 aromatic heterocycles. The normalized spacial score (nSPS) is 10.9. The zero-order valence-electron chi connectivity index (χ0n) is 17.9. The number of carbonyl (C=O) groups is 1. The Bertz CT molecular complexity index is 1230. The minimum absolute atomic E-state index is 0.0434. The maximum absolute atomic E-state index is 13.7. The molecule has 3 N–H and O–H groups in total. The molecule has 0 aliphatic rings. The van der Waals surface area contributed by atoms with Gasteiger partial charge in [0.05, 0.1) is 6.54 Å². The third-order valence-electron chi connectivity index (χ3n) is 4.35. The Hall–Kier alpha value is -3.32. The maximum Gasteiger partial charge on any atom is 0.490 e. The van der Waals surface area contributed by atoms with E-state index in [2.05, 4.69) is 20.9 Å². The van der Waals surface area contributed by atoms with E-state index >= 15 is 0 Å². The molecule has 7 nitrogen and oxygen atoms in total. The van der Waals surface area contributed by atoms with Crippen LogP contribution >= 0.6 is 15.9 Å². The Labute approximate surface area is 204 Å². The fraction of sp³-hybridized carbons (Fsp3) is 0.227. The molecule has 0 radical (unpaired) electrons. The molecule has 0 spiro atoms. The lowest BCUT2D eigenvalue weighted by Gasteiger charge is -2.11. The predicted molar refractivity (Wildman–Crippen MR) is 119 cm³/mol. The molecule has 3 aromatic rings. The van der Waals surface area contributed by atoms with Crippen LogP contribution in [0.15, 0.2) is 58.1 Å². The van der Waals surface area contributed by atoms with Crippen LogP contribution in [0.3, 0.4) is 0 Å². The molecule has 0 amide bonds. The smallest absolute Gasteiger partial charge is 0.475 e. The van der Waals surface area contributed by atoms with E-state index in [0.29, 0.717) is 13.1 Å². The summed E-state index contributed by atoms with van der Waals surface area (Å²) in [4.78, 5) is 25.6. The number of carboxylic acids is 1. The van der Waals surface area contributed by atoms with Gasteiger partial charge in [-0.25, -0.2) is 18.6 Å². The molecule has 0 saturated carbocycles. The van der Waals surface area contributed by atoms with E-state index in [4.69, 9.17) is 20.4 Å². The van der Waals surface area contributed by atoms with E-state index < -0.39 is 23.8 Å². The Morgan fingerprint density at radius 1 is 1.14 bits per heavy atom. The fourth-order valence-corrected chi connectivity index (χ4v) is 3.14. The van der Waals surface area contributed by atoms with Crippen molar-refractivity contribution in [1.29, 1.82) is 0 Å². The van der Waals surface area contributed by atoms with Crippen molar-refractivity contribution in [3.05, 3.63) is 91.9 Å². The number of nitrogens with two attached hydrogens (primary N) is 1. The summed E-state index contributed by atoms with van der Waals surface area (Å²) in [6.45, 7) is 0.717. The number of aliphatic carboxylic acids is 1. The van der Waals surface area contributed by atoms with Gasteiger partial charge in [0.25, 0.3) is 5.56 Å². The second-order valence-corrected chi connectivity index (χ2v) is 7.78. The number of benzene rings is 2. The molecule has 0 bridgehead atoms. The van der Waals surface area contributed by atoms with Crippen molar-refractivity contribution in [3.63, 3.8) is 0 Å². The van der Waals surface area contributed by atoms with Crippen molar-refractivity contribution >= 4 is 21.9 Å². The largest absolute Gasteiger partial charge is 0.490 e. The van der Waals surface area contributed by atoms with Gasteiger partial charge in [-0.3, -0.25) is 9.36 Å². The van der Waals surface area contributed by atoms with E-state index in [1.165, 1.54) is 17.0 Å². The van der Waals surface area contributed by atoms with Crippen molar-refractivity contribution in [2.75, 3.05) is 6.54 Å². The molecular formula is C22H19BrF5N3O4. The van der Waals surface area contributed by atoms with Crippen molar-refractivity contribution in [2.45, 2.75) is 25.7 Å². The zero-order chi connectivity index (χ0) is 26.2. The third kappa shape index (κ3) is 8.44. The molecular weight excluding hydrogens is 545 g/mol. The van der Waals surface area contributed by atoms with Gasteiger partial charge in [-0.05, 0) is 52.2 Å². The van der Waals surface area contributed by atoms with Gasteiger partial charge in [0.1, 0.15) is 29.0 Å². The number of carboxylic acid groups (broad SMARTS) is 1. The van der Waals surface area contributed by atoms with Gasteiger partial charge < -0.3 is 15.6 Å². The first-order valence-corrected chi connectivity index (χ1v) is 10.6. The topological polar surface area (TPSA) is 107 Å². The molecule has 188 valence electrons. The number of aromatic nitrogens is 2. The summed E-state index contributed by atoms with van der Waals surface area (Å²) < 4.78 is 65.4. The monoisotopic (exact) mass is 563 g/mol.